The highest BCUT2D eigenvalue weighted by atomic mass is 16.5. The molecule has 2 bridgehead atoms. The molecule has 4 heteroatoms. The number of hydrogen-bond acceptors (Lipinski definition) is 3. The lowest BCUT2D eigenvalue weighted by molar-refractivity contribution is -0.150. The summed E-state index contributed by atoms with van der Waals surface area (Å²) in [5, 5.41) is 8.92. The Kier molecular flexibility index (Phi) is 2.49. The molecular weight excluding hydrogens is 182 g/mol. The van der Waals surface area contributed by atoms with Crippen LogP contribution in [0.5, 0.6) is 0 Å². The van der Waals surface area contributed by atoms with E-state index in [4.69, 9.17) is 9.84 Å². The highest BCUT2D eigenvalue weighted by molar-refractivity contribution is 5.72. The Hall–Kier alpha value is -0.610. The number of ether oxygens (including phenoxy) is 1. The fourth-order valence-corrected chi connectivity index (χ4v) is 2.75. The zero-order valence-electron chi connectivity index (χ0n) is 8.53. The van der Waals surface area contributed by atoms with Crippen molar-refractivity contribution in [1.82, 2.24) is 4.90 Å². The summed E-state index contributed by atoms with van der Waals surface area (Å²) in [7, 11) is 1.48. The fourth-order valence-electron chi connectivity index (χ4n) is 2.75. The van der Waals surface area contributed by atoms with Gasteiger partial charge in [-0.2, -0.15) is 0 Å². The van der Waals surface area contributed by atoms with Gasteiger partial charge < -0.3 is 14.7 Å². The Bertz CT molecular complexity index is 234. The molecule has 0 spiro atoms. The quantitative estimate of drug-likeness (QED) is 0.719. The first-order chi connectivity index (χ1) is 6.65. The molecule has 0 saturated carbocycles. The number of hydrogen-bond donors (Lipinski definition) is 1. The zero-order chi connectivity index (χ0) is 10.2. The smallest absolute Gasteiger partial charge is 0.332 e. The molecule has 0 aromatic rings. The number of carbonyl (C=O) groups is 1. The molecule has 0 aliphatic carbocycles. The van der Waals surface area contributed by atoms with Gasteiger partial charge in [0.15, 0.2) is 6.10 Å². The minimum atomic E-state index is -0.827. The molecule has 1 atom stereocenters. The van der Waals surface area contributed by atoms with Crippen LogP contribution < -0.4 is 0 Å². The maximum Gasteiger partial charge on any atom is 0.332 e. The molecule has 2 aliphatic rings. The van der Waals surface area contributed by atoms with Crippen molar-refractivity contribution < 1.29 is 14.6 Å². The van der Waals surface area contributed by atoms with Crippen molar-refractivity contribution in [2.45, 2.75) is 25.4 Å². The van der Waals surface area contributed by atoms with E-state index in [0.717, 1.165) is 32.5 Å². The fraction of sp³-hybridized carbons (Fsp3) is 0.900. The van der Waals surface area contributed by atoms with E-state index in [1.165, 1.54) is 7.11 Å². The molecule has 0 amide bonds. The first-order valence-corrected chi connectivity index (χ1v) is 5.13. The maximum absolute atomic E-state index is 10.9. The first-order valence-electron chi connectivity index (χ1n) is 5.13. The Morgan fingerprint density at radius 1 is 1.57 bits per heavy atom. The summed E-state index contributed by atoms with van der Waals surface area (Å²) in [5.41, 5.74) is 0.235. The number of piperidine rings is 1. The van der Waals surface area contributed by atoms with Gasteiger partial charge in [0.1, 0.15) is 0 Å². The molecule has 2 fully saturated rings. The van der Waals surface area contributed by atoms with Gasteiger partial charge in [-0.25, -0.2) is 4.79 Å². The summed E-state index contributed by atoms with van der Waals surface area (Å²) in [5.74, 6) is -0.827. The van der Waals surface area contributed by atoms with E-state index < -0.39 is 12.1 Å². The summed E-state index contributed by atoms with van der Waals surface area (Å²) in [4.78, 5) is 13.3. The molecule has 2 heterocycles. The summed E-state index contributed by atoms with van der Waals surface area (Å²) in [6.45, 7) is 3.34. The number of aliphatic carboxylic acids is 1. The van der Waals surface area contributed by atoms with Crippen LogP contribution in [0.3, 0.4) is 0 Å². The van der Waals surface area contributed by atoms with Crippen LogP contribution in [-0.4, -0.2) is 48.8 Å². The molecule has 0 radical (unpaired) electrons. The molecule has 2 aliphatic heterocycles. The van der Waals surface area contributed by atoms with Gasteiger partial charge in [0, 0.05) is 13.7 Å². The summed E-state index contributed by atoms with van der Waals surface area (Å²) >= 11 is 0. The van der Waals surface area contributed by atoms with Gasteiger partial charge in [0.2, 0.25) is 0 Å². The van der Waals surface area contributed by atoms with Gasteiger partial charge in [-0.15, -0.1) is 0 Å². The second-order valence-electron chi connectivity index (χ2n) is 4.54. The number of rotatable bonds is 4. The van der Waals surface area contributed by atoms with Crippen molar-refractivity contribution in [2.24, 2.45) is 5.41 Å². The lowest BCUT2D eigenvalue weighted by Crippen LogP contribution is -2.32. The minimum absolute atomic E-state index is 0.235. The van der Waals surface area contributed by atoms with E-state index in [2.05, 4.69) is 4.90 Å². The molecule has 0 aromatic carbocycles. The SMILES string of the molecule is COC(CC12CCN(CC1)C2)C(=O)O. The second kappa shape index (κ2) is 3.51. The van der Waals surface area contributed by atoms with Crippen molar-refractivity contribution in [3.63, 3.8) is 0 Å². The summed E-state index contributed by atoms with van der Waals surface area (Å²) in [6.07, 6.45) is 2.34. The van der Waals surface area contributed by atoms with Crippen LogP contribution in [0.4, 0.5) is 0 Å². The molecule has 1 unspecified atom stereocenters. The van der Waals surface area contributed by atoms with Crippen LogP contribution in [0.25, 0.3) is 0 Å². The van der Waals surface area contributed by atoms with E-state index in [9.17, 15) is 4.79 Å². The van der Waals surface area contributed by atoms with Gasteiger partial charge in [0.05, 0.1) is 0 Å². The standard InChI is InChI=1S/C10H17NO3/c1-14-8(9(12)13)6-10-2-4-11(7-10)5-3-10/h8H,2-7H2,1H3,(H,12,13). The summed E-state index contributed by atoms with van der Waals surface area (Å²) < 4.78 is 5.00. The largest absolute Gasteiger partial charge is 0.479 e. The average molecular weight is 199 g/mol. The second-order valence-corrected chi connectivity index (χ2v) is 4.54. The van der Waals surface area contributed by atoms with E-state index in [1.807, 2.05) is 0 Å². The highest BCUT2D eigenvalue weighted by Gasteiger charge is 2.45. The number of methoxy groups -OCH3 is 1. The minimum Gasteiger partial charge on any atom is -0.479 e. The predicted octanol–water partition coefficient (Wildman–Crippen LogP) is 0.572. The van der Waals surface area contributed by atoms with Crippen LogP contribution in [-0.2, 0) is 9.53 Å². The van der Waals surface area contributed by atoms with Gasteiger partial charge in [-0.1, -0.05) is 0 Å². The van der Waals surface area contributed by atoms with Gasteiger partial charge in [-0.3, -0.25) is 0 Å². The van der Waals surface area contributed by atoms with E-state index >= 15 is 0 Å². The van der Waals surface area contributed by atoms with Crippen molar-refractivity contribution >= 4 is 5.97 Å². The third-order valence-electron chi connectivity index (χ3n) is 3.65. The Morgan fingerprint density at radius 2 is 2.21 bits per heavy atom. The predicted molar refractivity (Wildman–Crippen MR) is 51.2 cm³/mol. The summed E-state index contributed by atoms with van der Waals surface area (Å²) in [6, 6.07) is 0. The highest BCUT2D eigenvalue weighted by Crippen LogP contribution is 2.44. The normalized spacial score (nSPS) is 37.4. The van der Waals surface area contributed by atoms with Crippen LogP contribution in [0.15, 0.2) is 0 Å². The van der Waals surface area contributed by atoms with Crippen LogP contribution in [0.1, 0.15) is 19.3 Å². The van der Waals surface area contributed by atoms with Crippen LogP contribution >= 0.6 is 0 Å². The van der Waals surface area contributed by atoms with Crippen molar-refractivity contribution in [3.05, 3.63) is 0 Å². The van der Waals surface area contributed by atoms with Gasteiger partial charge >= 0.3 is 5.97 Å². The van der Waals surface area contributed by atoms with Crippen molar-refractivity contribution in [3.8, 4) is 0 Å². The molecule has 2 saturated heterocycles. The van der Waals surface area contributed by atoms with Gasteiger partial charge in [-0.05, 0) is 37.8 Å². The molecule has 2 rings (SSSR count). The Labute approximate surface area is 83.8 Å². The molecular formula is C10H17NO3. The molecule has 0 aromatic heterocycles. The monoisotopic (exact) mass is 199 g/mol. The molecule has 80 valence electrons. The van der Waals surface area contributed by atoms with Crippen LogP contribution in [0, 0.1) is 5.41 Å². The third-order valence-corrected chi connectivity index (χ3v) is 3.65. The first kappa shape index (κ1) is 9.93. The topological polar surface area (TPSA) is 49.8 Å². The molecule has 4 nitrogen and oxygen atoms in total. The van der Waals surface area contributed by atoms with Gasteiger partial charge in [0.25, 0.3) is 0 Å². The Balaban J connectivity index is 1.98. The average Bonchev–Trinajstić information content (AvgIpc) is 2.73. The van der Waals surface area contributed by atoms with Crippen molar-refractivity contribution in [2.75, 3.05) is 26.7 Å². The van der Waals surface area contributed by atoms with E-state index in [1.54, 1.807) is 0 Å². The van der Waals surface area contributed by atoms with E-state index in [0.29, 0.717) is 6.42 Å². The Morgan fingerprint density at radius 3 is 2.57 bits per heavy atom. The number of fused-ring (bicyclic) bond motifs is 2. The maximum atomic E-state index is 10.9. The van der Waals surface area contributed by atoms with Crippen molar-refractivity contribution in [1.29, 1.82) is 0 Å². The lowest BCUT2D eigenvalue weighted by atomic mass is 9.79. The van der Waals surface area contributed by atoms with E-state index in [-0.39, 0.29) is 5.41 Å². The zero-order valence-corrected chi connectivity index (χ0v) is 8.53. The third kappa shape index (κ3) is 1.64. The lowest BCUT2D eigenvalue weighted by Gasteiger charge is -2.27. The molecule has 14 heavy (non-hydrogen) atoms. The van der Waals surface area contributed by atoms with Crippen LogP contribution in [0.2, 0.25) is 0 Å². The number of carboxylic acids is 1. The number of nitrogens with zero attached hydrogens (tertiary/aromatic N) is 1. The number of carboxylic acid groups (broad SMARTS) is 1. The molecule has 1 N–H and O–H groups in total.